The number of fused-ring (bicyclic) bond motifs is 1. The molecule has 5 nitrogen and oxygen atoms in total. The lowest BCUT2D eigenvalue weighted by Gasteiger charge is -2.22. The monoisotopic (exact) mass is 512 g/mol. The highest BCUT2D eigenvalue weighted by Gasteiger charge is 2.31. The summed E-state index contributed by atoms with van der Waals surface area (Å²) in [5.41, 5.74) is 5.51. The fraction of sp³-hybridized carbons (Fsp3) is 0.269. The first-order valence-corrected chi connectivity index (χ1v) is 12.3. The molecule has 0 saturated carbocycles. The third kappa shape index (κ3) is 5.52. The highest BCUT2D eigenvalue weighted by Crippen LogP contribution is 2.31. The molecule has 176 valence electrons. The lowest BCUT2D eigenvalue weighted by molar-refractivity contribution is -0.119. The highest BCUT2D eigenvalue weighted by molar-refractivity contribution is 7.80. The lowest BCUT2D eigenvalue weighted by Crippen LogP contribution is -2.49. The van der Waals surface area contributed by atoms with Crippen LogP contribution in [-0.2, 0) is 4.79 Å². The van der Waals surface area contributed by atoms with Crippen molar-refractivity contribution >= 4 is 57.8 Å². The van der Waals surface area contributed by atoms with Crippen molar-refractivity contribution in [2.75, 3.05) is 18.5 Å². The van der Waals surface area contributed by atoms with Gasteiger partial charge in [0.15, 0.2) is 5.11 Å². The van der Waals surface area contributed by atoms with Crippen LogP contribution < -0.4 is 15.5 Å². The van der Waals surface area contributed by atoms with E-state index in [1.165, 1.54) is 11.1 Å². The number of halogens is 2. The summed E-state index contributed by atoms with van der Waals surface area (Å²) in [5, 5.41) is 7.76. The van der Waals surface area contributed by atoms with Crippen LogP contribution in [0.15, 0.2) is 70.8 Å². The smallest absolute Gasteiger partial charge is 0.272 e. The number of rotatable bonds is 5. The van der Waals surface area contributed by atoms with Gasteiger partial charge in [-0.2, -0.15) is 0 Å². The van der Waals surface area contributed by atoms with E-state index in [1.807, 2.05) is 24.3 Å². The number of amides is 1. The number of anilines is 1. The van der Waals surface area contributed by atoms with Gasteiger partial charge in [0.25, 0.3) is 5.91 Å². The normalized spacial score (nSPS) is 17.8. The quantitative estimate of drug-likeness (QED) is 0.507. The zero-order chi connectivity index (χ0) is 24.2. The average Bonchev–Trinajstić information content (AvgIpc) is 2.91. The van der Waals surface area contributed by atoms with Gasteiger partial charge in [-0.25, -0.2) is 4.99 Å². The molecule has 1 atom stereocenters. The topological polar surface area (TPSA) is 56.7 Å². The second kappa shape index (κ2) is 10.7. The fourth-order valence-corrected chi connectivity index (χ4v) is 4.62. The summed E-state index contributed by atoms with van der Waals surface area (Å²) in [6.45, 7) is 2.83. The van der Waals surface area contributed by atoms with Gasteiger partial charge >= 0.3 is 0 Å². The minimum Gasteiger partial charge on any atom is -0.362 e. The number of nitrogens with one attached hydrogen (secondary N) is 2. The van der Waals surface area contributed by atoms with E-state index < -0.39 is 6.17 Å². The maximum atomic E-state index is 13.3. The molecule has 0 radical (unpaired) electrons. The molecule has 1 aliphatic carbocycles. The third-order valence-corrected chi connectivity index (χ3v) is 6.80. The van der Waals surface area contributed by atoms with Gasteiger partial charge in [0.1, 0.15) is 0 Å². The Hall–Kier alpha value is -2.67. The third-order valence-electron chi connectivity index (χ3n) is 5.97. The second-order valence-electron chi connectivity index (χ2n) is 8.41. The number of carbonyl (C=O) groups is 1. The van der Waals surface area contributed by atoms with Crippen LogP contribution >= 0.6 is 35.4 Å². The van der Waals surface area contributed by atoms with Crippen molar-refractivity contribution in [3.63, 3.8) is 0 Å². The van der Waals surface area contributed by atoms with Gasteiger partial charge in [-0.3, -0.25) is 4.79 Å². The van der Waals surface area contributed by atoms with Crippen molar-refractivity contribution < 1.29 is 4.79 Å². The van der Waals surface area contributed by atoms with Crippen LogP contribution in [0.2, 0.25) is 10.0 Å². The van der Waals surface area contributed by atoms with Gasteiger partial charge in [0, 0.05) is 34.8 Å². The summed E-state index contributed by atoms with van der Waals surface area (Å²) in [6.07, 6.45) is 6.50. The number of likely N-dealkylation sites (N-methyl/N-ethyl adjacent to an activating group) is 1. The molecule has 1 heterocycles. The van der Waals surface area contributed by atoms with E-state index in [1.54, 1.807) is 30.1 Å². The number of aliphatic imine (C=N–C) groups is 1. The zero-order valence-corrected chi connectivity index (χ0v) is 21.4. The summed E-state index contributed by atoms with van der Waals surface area (Å²) < 4.78 is 0. The van der Waals surface area contributed by atoms with E-state index in [2.05, 4.69) is 29.7 Å². The molecule has 1 amide bonds. The number of hydrogen-bond acceptors (Lipinski definition) is 3. The predicted molar refractivity (Wildman–Crippen MR) is 145 cm³/mol. The summed E-state index contributed by atoms with van der Waals surface area (Å²) in [5.74, 6) is -0.231. The summed E-state index contributed by atoms with van der Waals surface area (Å²) in [4.78, 5) is 19.7. The molecule has 4 rings (SSSR count). The number of nitrogens with zero attached hydrogens (tertiary/aromatic N) is 2. The Labute approximate surface area is 215 Å². The highest BCUT2D eigenvalue weighted by atomic mass is 35.5. The van der Waals surface area contributed by atoms with Crippen molar-refractivity contribution in [1.29, 1.82) is 0 Å². The van der Waals surface area contributed by atoms with E-state index in [0.29, 0.717) is 38.7 Å². The molecule has 0 spiro atoms. The van der Waals surface area contributed by atoms with Crippen LogP contribution in [0, 0.1) is 0 Å². The first-order valence-electron chi connectivity index (χ1n) is 11.1. The van der Waals surface area contributed by atoms with Crippen molar-refractivity contribution in [3.05, 3.63) is 86.9 Å². The Morgan fingerprint density at radius 3 is 2.68 bits per heavy atom. The van der Waals surface area contributed by atoms with Crippen LogP contribution in [0.4, 0.5) is 5.69 Å². The van der Waals surface area contributed by atoms with Crippen molar-refractivity contribution in [2.45, 2.75) is 32.4 Å². The predicted octanol–water partition coefficient (Wildman–Crippen LogP) is 5.65. The van der Waals surface area contributed by atoms with Crippen LogP contribution in [0.5, 0.6) is 0 Å². The Morgan fingerprint density at radius 1 is 1.15 bits per heavy atom. The van der Waals surface area contributed by atoms with Crippen molar-refractivity contribution in [2.24, 2.45) is 4.99 Å². The molecular formula is C26H26Cl2N4OS. The minimum absolute atomic E-state index is 0.231. The number of allylic oxidation sites excluding steroid dienone is 3. The first-order chi connectivity index (χ1) is 16.3. The average molecular weight is 513 g/mol. The molecule has 0 saturated heterocycles. The largest absolute Gasteiger partial charge is 0.362 e. The van der Waals surface area contributed by atoms with E-state index in [0.717, 1.165) is 24.8 Å². The van der Waals surface area contributed by atoms with Crippen molar-refractivity contribution in [3.8, 4) is 0 Å². The van der Waals surface area contributed by atoms with Gasteiger partial charge in [0.05, 0.1) is 11.4 Å². The molecule has 1 unspecified atom stereocenters. The molecular weight excluding hydrogens is 487 g/mol. The van der Waals surface area contributed by atoms with E-state index in [4.69, 9.17) is 40.4 Å². The molecule has 8 heteroatoms. The van der Waals surface area contributed by atoms with Gasteiger partial charge in [-0.05, 0) is 62.7 Å². The number of benzene rings is 2. The zero-order valence-electron chi connectivity index (χ0n) is 19.1. The van der Waals surface area contributed by atoms with E-state index in [9.17, 15) is 4.79 Å². The molecule has 2 N–H and O–H groups in total. The maximum Gasteiger partial charge on any atom is 0.272 e. The van der Waals surface area contributed by atoms with E-state index >= 15 is 0 Å². The number of benzodiazepines with no additional fused rings is 1. The Kier molecular flexibility index (Phi) is 7.71. The Balaban J connectivity index is 1.58. The van der Waals surface area contributed by atoms with Crippen LogP contribution in [0.3, 0.4) is 0 Å². The van der Waals surface area contributed by atoms with Gasteiger partial charge in [0.2, 0.25) is 6.17 Å². The molecule has 2 aromatic rings. The first kappa shape index (κ1) is 24.5. The molecule has 2 aliphatic rings. The maximum absolute atomic E-state index is 13.3. The van der Waals surface area contributed by atoms with Gasteiger partial charge in [-0.1, -0.05) is 64.7 Å². The minimum atomic E-state index is -0.915. The van der Waals surface area contributed by atoms with E-state index in [-0.39, 0.29) is 5.91 Å². The second-order valence-corrected chi connectivity index (χ2v) is 9.66. The fourth-order valence-electron chi connectivity index (χ4n) is 4.01. The Morgan fingerprint density at radius 2 is 1.94 bits per heavy atom. The number of carbonyl (C=O) groups excluding carboxylic acids is 1. The standard InChI is InChI=1S/C26H26Cl2N4OS/c1-16-7-9-17(10-8-16)13-14-29-26(34)31-24-25(33)32(2)22-12-11-18(27)15-20(22)23(30-24)19-5-3-4-6-21(19)28/h3-7,9,11-12,15,24H,8,10,13-14H2,1-2H3,(H2,29,31,34). The number of thiocarbonyl (C=S) groups is 1. The Bertz CT molecular complexity index is 1220. The SMILES string of the molecule is CC1=CC=C(CCNC(=S)NC2N=C(c3ccccc3Cl)c3cc(Cl)ccc3N(C)C2=O)CC1. The van der Waals surface area contributed by atoms with Crippen LogP contribution in [0.25, 0.3) is 0 Å². The molecule has 2 aromatic carbocycles. The van der Waals surface area contributed by atoms with Crippen molar-refractivity contribution in [1.82, 2.24) is 10.6 Å². The molecule has 0 aromatic heterocycles. The molecule has 1 aliphatic heterocycles. The van der Waals surface area contributed by atoms with Crippen LogP contribution in [-0.4, -0.2) is 36.5 Å². The summed E-state index contributed by atoms with van der Waals surface area (Å²) >= 11 is 18.3. The van der Waals surface area contributed by atoms with Gasteiger partial charge < -0.3 is 15.5 Å². The number of hydrogen-bond donors (Lipinski definition) is 2. The lowest BCUT2D eigenvalue weighted by atomic mass is 9.97. The van der Waals surface area contributed by atoms with Crippen LogP contribution in [0.1, 0.15) is 37.3 Å². The molecule has 34 heavy (non-hydrogen) atoms. The molecule has 0 bridgehead atoms. The summed E-state index contributed by atoms with van der Waals surface area (Å²) in [7, 11) is 1.72. The van der Waals surface area contributed by atoms with Gasteiger partial charge in [-0.15, -0.1) is 0 Å². The molecule has 0 fully saturated rings. The summed E-state index contributed by atoms with van der Waals surface area (Å²) in [6, 6.07) is 12.8.